The maximum atomic E-state index is 11.3. The van der Waals surface area contributed by atoms with Gasteiger partial charge in [-0.05, 0) is 18.6 Å². The first kappa shape index (κ1) is 7.98. The van der Waals surface area contributed by atoms with Crippen LogP contribution in [0, 0.1) is 6.92 Å². The average molecular weight is 171 g/mol. The number of H-pyrrole nitrogens is 1. The topological polar surface area (TPSA) is 58.6 Å². The van der Waals surface area contributed by atoms with Gasteiger partial charge in [-0.25, -0.2) is 9.97 Å². The lowest BCUT2D eigenvalue weighted by molar-refractivity contribution is 1.18. The van der Waals surface area contributed by atoms with Crippen LogP contribution in [0.5, 0.6) is 0 Å². The quantitative estimate of drug-likeness (QED) is 0.539. The van der Waals surface area contributed by atoms with Gasteiger partial charge in [0.2, 0.25) is 0 Å². The summed E-state index contributed by atoms with van der Waals surface area (Å²) in [6.07, 6.45) is 1.65. The van der Waals surface area contributed by atoms with Gasteiger partial charge in [0.25, 0.3) is 5.56 Å². The summed E-state index contributed by atoms with van der Waals surface area (Å²) in [5, 5.41) is 0.467. The zero-order valence-electron chi connectivity index (χ0n) is 7.03. The number of nitrogens with zero attached hydrogens (tertiary/aromatic N) is 2. The molecule has 0 saturated heterocycles. The van der Waals surface area contributed by atoms with Crippen LogP contribution in [0.1, 0.15) is 5.56 Å². The van der Waals surface area contributed by atoms with Crippen LogP contribution in [0.15, 0.2) is 17.1 Å². The molecule has 2 rings (SSSR count). The second-order valence-corrected chi connectivity index (χ2v) is 2.84. The standard InChI is InChI=1S/C8H6BN3O/c1-4-2-5-6(10-3-4)11-8(9)12-7(5)13/h2-3H,1H3,(H,10,11,12,13). The number of aromatic amines is 1. The largest absolute Gasteiger partial charge is 0.319 e. The molecule has 4 nitrogen and oxygen atoms in total. The van der Waals surface area contributed by atoms with Crippen LogP contribution in [-0.4, -0.2) is 22.8 Å². The van der Waals surface area contributed by atoms with Gasteiger partial charge in [-0.2, -0.15) is 0 Å². The summed E-state index contributed by atoms with van der Waals surface area (Å²) in [6, 6.07) is 1.73. The molecule has 2 heterocycles. The molecule has 2 aromatic rings. The van der Waals surface area contributed by atoms with E-state index >= 15 is 0 Å². The first-order valence-corrected chi connectivity index (χ1v) is 3.79. The van der Waals surface area contributed by atoms with Crippen molar-refractivity contribution in [3.8, 4) is 0 Å². The highest BCUT2D eigenvalue weighted by Gasteiger charge is 2.01. The van der Waals surface area contributed by atoms with Crippen molar-refractivity contribution in [3.05, 3.63) is 28.2 Å². The van der Waals surface area contributed by atoms with Gasteiger partial charge in [0.05, 0.1) is 11.1 Å². The zero-order valence-corrected chi connectivity index (χ0v) is 7.03. The molecule has 0 atom stereocenters. The van der Waals surface area contributed by atoms with E-state index in [0.717, 1.165) is 5.56 Å². The summed E-state index contributed by atoms with van der Waals surface area (Å²) in [6.45, 7) is 1.86. The van der Waals surface area contributed by atoms with Crippen LogP contribution in [0.2, 0.25) is 0 Å². The second kappa shape index (κ2) is 2.69. The molecule has 0 aliphatic heterocycles. The minimum Gasteiger partial charge on any atom is -0.319 e. The SMILES string of the molecule is [B]c1nc2ncc(C)cc2c(=O)[nH]1. The fourth-order valence-corrected chi connectivity index (χ4v) is 1.14. The van der Waals surface area contributed by atoms with E-state index < -0.39 is 0 Å². The summed E-state index contributed by atoms with van der Waals surface area (Å²) in [7, 11) is 5.36. The molecule has 0 aliphatic carbocycles. The Morgan fingerprint density at radius 3 is 3.08 bits per heavy atom. The Bertz CT molecular complexity index is 520. The van der Waals surface area contributed by atoms with E-state index in [1.165, 1.54) is 0 Å². The van der Waals surface area contributed by atoms with Crippen LogP contribution in [-0.2, 0) is 0 Å². The Hall–Kier alpha value is -1.65. The molecular weight excluding hydrogens is 165 g/mol. The number of aromatic nitrogens is 3. The summed E-state index contributed by atoms with van der Waals surface area (Å²) in [4.78, 5) is 21.6. The molecule has 0 aliphatic rings. The van der Waals surface area contributed by atoms with Crippen molar-refractivity contribution in [2.45, 2.75) is 6.92 Å². The number of pyridine rings is 1. The normalized spacial score (nSPS) is 10.5. The Kier molecular flexibility index (Phi) is 1.65. The molecule has 62 valence electrons. The van der Waals surface area contributed by atoms with E-state index in [1.807, 2.05) is 6.92 Å². The van der Waals surface area contributed by atoms with Gasteiger partial charge in [0, 0.05) is 6.20 Å². The number of aryl methyl sites for hydroxylation is 1. The van der Waals surface area contributed by atoms with Crippen molar-refractivity contribution in [2.75, 3.05) is 0 Å². The second-order valence-electron chi connectivity index (χ2n) is 2.84. The number of rotatable bonds is 0. The van der Waals surface area contributed by atoms with Crippen LogP contribution >= 0.6 is 0 Å². The molecule has 0 saturated carbocycles. The molecule has 13 heavy (non-hydrogen) atoms. The molecule has 2 radical (unpaired) electrons. The highest BCUT2D eigenvalue weighted by Crippen LogP contribution is 2.03. The van der Waals surface area contributed by atoms with E-state index in [4.69, 9.17) is 7.85 Å². The van der Waals surface area contributed by atoms with Gasteiger partial charge in [-0.15, -0.1) is 0 Å². The first-order chi connectivity index (χ1) is 6.16. The third-order valence-corrected chi connectivity index (χ3v) is 1.72. The van der Waals surface area contributed by atoms with E-state index in [2.05, 4.69) is 15.0 Å². The van der Waals surface area contributed by atoms with Gasteiger partial charge in [0.1, 0.15) is 0 Å². The molecule has 0 amide bonds. The Morgan fingerprint density at radius 1 is 1.54 bits per heavy atom. The zero-order chi connectivity index (χ0) is 9.42. The minimum atomic E-state index is -0.251. The van der Waals surface area contributed by atoms with Crippen LogP contribution in [0.25, 0.3) is 11.0 Å². The summed E-state index contributed by atoms with van der Waals surface area (Å²) in [5.41, 5.74) is 1.14. The number of fused-ring (bicyclic) bond motifs is 1. The van der Waals surface area contributed by atoms with Crippen molar-refractivity contribution in [1.82, 2.24) is 15.0 Å². The molecule has 0 spiro atoms. The number of nitrogens with one attached hydrogen (secondary N) is 1. The smallest absolute Gasteiger partial charge is 0.259 e. The summed E-state index contributed by atoms with van der Waals surface area (Å²) < 4.78 is 0. The third-order valence-electron chi connectivity index (χ3n) is 1.72. The maximum Gasteiger partial charge on any atom is 0.259 e. The van der Waals surface area contributed by atoms with Gasteiger partial charge in [0.15, 0.2) is 13.5 Å². The molecule has 0 bridgehead atoms. The molecule has 0 aromatic carbocycles. The monoisotopic (exact) mass is 171 g/mol. The summed E-state index contributed by atoms with van der Waals surface area (Å²) in [5.74, 6) is 0. The highest BCUT2D eigenvalue weighted by molar-refractivity contribution is 6.29. The lowest BCUT2D eigenvalue weighted by Crippen LogP contribution is -2.23. The van der Waals surface area contributed by atoms with E-state index in [9.17, 15) is 4.79 Å². The molecule has 0 fully saturated rings. The van der Waals surface area contributed by atoms with E-state index in [0.29, 0.717) is 11.0 Å². The predicted octanol–water partition coefficient (Wildman–Crippen LogP) is -0.580. The molecule has 2 aromatic heterocycles. The minimum absolute atomic E-state index is 0.0915. The molecule has 5 heteroatoms. The van der Waals surface area contributed by atoms with Gasteiger partial charge < -0.3 is 4.98 Å². The number of hydrogen-bond acceptors (Lipinski definition) is 3. The molecule has 0 unspecified atom stereocenters. The first-order valence-electron chi connectivity index (χ1n) is 3.79. The van der Waals surface area contributed by atoms with Crippen molar-refractivity contribution in [3.63, 3.8) is 0 Å². The van der Waals surface area contributed by atoms with Crippen molar-refractivity contribution in [1.29, 1.82) is 0 Å². The van der Waals surface area contributed by atoms with Crippen LogP contribution in [0.4, 0.5) is 0 Å². The van der Waals surface area contributed by atoms with Crippen LogP contribution in [0.3, 0.4) is 0 Å². The third kappa shape index (κ3) is 1.33. The van der Waals surface area contributed by atoms with Crippen molar-refractivity contribution in [2.24, 2.45) is 0 Å². The van der Waals surface area contributed by atoms with Crippen molar-refractivity contribution >= 4 is 24.6 Å². The Labute approximate surface area is 75.5 Å². The lowest BCUT2D eigenvalue weighted by atomic mass is 10.1. The maximum absolute atomic E-state index is 11.3. The Balaban J connectivity index is 2.95. The van der Waals surface area contributed by atoms with Crippen LogP contribution < -0.4 is 11.3 Å². The average Bonchev–Trinajstić information content (AvgIpc) is 2.06. The van der Waals surface area contributed by atoms with Gasteiger partial charge >= 0.3 is 0 Å². The predicted molar refractivity (Wildman–Crippen MR) is 50.3 cm³/mol. The fourth-order valence-electron chi connectivity index (χ4n) is 1.14. The number of hydrogen-bond donors (Lipinski definition) is 1. The lowest BCUT2D eigenvalue weighted by Gasteiger charge is -1.98. The van der Waals surface area contributed by atoms with Gasteiger partial charge in [-0.1, -0.05) is 0 Å². The summed E-state index contributed by atoms with van der Waals surface area (Å²) >= 11 is 0. The fraction of sp³-hybridized carbons (Fsp3) is 0.125. The van der Waals surface area contributed by atoms with E-state index in [-0.39, 0.29) is 11.3 Å². The Morgan fingerprint density at radius 2 is 2.31 bits per heavy atom. The molecular formula is C8H6BN3O. The van der Waals surface area contributed by atoms with E-state index in [1.54, 1.807) is 12.3 Å². The molecule has 1 N–H and O–H groups in total. The van der Waals surface area contributed by atoms with Crippen molar-refractivity contribution < 1.29 is 0 Å². The van der Waals surface area contributed by atoms with Gasteiger partial charge in [-0.3, -0.25) is 4.79 Å². The highest BCUT2D eigenvalue weighted by atomic mass is 16.1.